The lowest BCUT2D eigenvalue weighted by molar-refractivity contribution is -0.137. The van der Waals surface area contributed by atoms with Crippen LogP contribution < -0.4 is 5.32 Å². The maximum absolute atomic E-state index is 15.1. The lowest BCUT2D eigenvalue weighted by atomic mass is 10.0. The number of fused-ring (bicyclic) bond motifs is 1. The van der Waals surface area contributed by atoms with E-state index in [1.807, 2.05) is 23.9 Å². The SMILES string of the molecule is C/C(=C\C(C)c1cnn(C2CC2)c1)c1nc2c(c(-c3ccc(C(F)(F)F)cc3F)n1)SC(N1CCCC1)N2.CO. The first kappa shape index (κ1) is 28.6. The summed E-state index contributed by atoms with van der Waals surface area (Å²) >= 11 is 1.49. The lowest BCUT2D eigenvalue weighted by Crippen LogP contribution is -2.33. The number of likely N-dealkylation sites (tertiary alicyclic amines) is 1. The summed E-state index contributed by atoms with van der Waals surface area (Å²) in [5.74, 6) is 0.0764. The number of nitrogens with one attached hydrogen (secondary N) is 1. The Hall–Kier alpha value is -2.96. The van der Waals surface area contributed by atoms with Crippen molar-refractivity contribution in [3.8, 4) is 11.3 Å². The average Bonchev–Trinajstić information content (AvgIpc) is 3.32. The largest absolute Gasteiger partial charge is 0.416 e. The number of allylic oxidation sites excluding steroid dienone is 2. The Balaban J connectivity index is 0.00000158. The molecule has 4 heterocycles. The fourth-order valence-corrected chi connectivity index (χ4v) is 6.21. The van der Waals surface area contributed by atoms with E-state index in [4.69, 9.17) is 15.1 Å². The number of benzene rings is 1. The van der Waals surface area contributed by atoms with E-state index < -0.39 is 17.6 Å². The Labute approximate surface area is 234 Å². The van der Waals surface area contributed by atoms with Crippen molar-refractivity contribution in [2.45, 2.75) is 68.1 Å². The predicted octanol–water partition coefficient (Wildman–Crippen LogP) is 6.55. The third-order valence-electron chi connectivity index (χ3n) is 7.30. The second kappa shape index (κ2) is 11.5. The molecule has 1 saturated heterocycles. The molecule has 2 aromatic heterocycles. The van der Waals surface area contributed by atoms with Gasteiger partial charge in [-0.3, -0.25) is 9.58 Å². The van der Waals surface area contributed by atoms with Crippen LogP contribution in [0.1, 0.15) is 68.4 Å². The molecule has 0 spiro atoms. The maximum Gasteiger partial charge on any atom is 0.416 e. The monoisotopic (exact) mass is 576 g/mol. The second-order valence-electron chi connectivity index (χ2n) is 10.2. The number of thioether (sulfide) groups is 1. The summed E-state index contributed by atoms with van der Waals surface area (Å²) in [4.78, 5) is 12.4. The van der Waals surface area contributed by atoms with E-state index in [2.05, 4.69) is 28.4 Å². The minimum atomic E-state index is -4.63. The highest BCUT2D eigenvalue weighted by Crippen LogP contribution is 2.46. The fourth-order valence-electron chi connectivity index (χ4n) is 4.97. The van der Waals surface area contributed by atoms with Gasteiger partial charge in [-0.05, 0) is 61.9 Å². The molecule has 0 amide bonds. The molecule has 2 fully saturated rings. The van der Waals surface area contributed by atoms with Gasteiger partial charge in [-0.15, -0.1) is 0 Å². The molecular weight excluding hydrogens is 544 g/mol. The van der Waals surface area contributed by atoms with Crippen LogP contribution in [0.15, 0.2) is 41.6 Å². The van der Waals surface area contributed by atoms with Crippen LogP contribution in [0.2, 0.25) is 0 Å². The number of hydrogen-bond donors (Lipinski definition) is 2. The van der Waals surface area contributed by atoms with E-state index in [0.717, 1.165) is 63.1 Å². The van der Waals surface area contributed by atoms with Gasteiger partial charge in [-0.1, -0.05) is 24.8 Å². The summed E-state index contributed by atoms with van der Waals surface area (Å²) in [7, 11) is 1.00. The van der Waals surface area contributed by atoms with Crippen molar-refractivity contribution in [1.82, 2.24) is 24.6 Å². The quantitative estimate of drug-likeness (QED) is 0.323. The summed E-state index contributed by atoms with van der Waals surface area (Å²) in [6.07, 6.45) is 5.86. The topological polar surface area (TPSA) is 79.1 Å². The van der Waals surface area contributed by atoms with Crippen molar-refractivity contribution in [2.24, 2.45) is 0 Å². The standard InChI is InChI=1S/C27H28F4N6S.CH4O/c1-15(17-13-32-37(14-17)19-6-7-19)11-16(2)24-33-22(20-8-5-18(12-21(20)28)27(29,30)31)23-25(34-24)35-26(38-23)36-9-3-4-10-36;1-2/h5,8,11-15,19,26H,3-4,6-7,9-10H2,1-2H3,(H,33,34,35);2H,1H3/b16-11+;. The van der Waals surface area contributed by atoms with Gasteiger partial charge >= 0.3 is 6.18 Å². The number of aliphatic hydroxyl groups is 1. The average molecular weight is 577 g/mol. The van der Waals surface area contributed by atoms with Gasteiger partial charge in [0.1, 0.15) is 17.1 Å². The normalized spacial score (nSPS) is 20.1. The number of nitrogens with zero attached hydrogens (tertiary/aromatic N) is 5. The smallest absolute Gasteiger partial charge is 0.400 e. The van der Waals surface area contributed by atoms with Crippen LogP contribution in [0, 0.1) is 5.82 Å². The maximum atomic E-state index is 15.1. The number of aliphatic hydroxyl groups excluding tert-OH is 1. The van der Waals surface area contributed by atoms with Crippen molar-refractivity contribution < 1.29 is 22.7 Å². The molecule has 2 atom stereocenters. The first-order chi connectivity index (χ1) is 19.2. The Morgan fingerprint density at radius 1 is 1.18 bits per heavy atom. The zero-order chi connectivity index (χ0) is 28.6. The minimum Gasteiger partial charge on any atom is -0.400 e. The van der Waals surface area contributed by atoms with E-state index in [1.54, 1.807) is 0 Å². The minimum absolute atomic E-state index is 0.0285. The van der Waals surface area contributed by atoms with E-state index >= 15 is 4.39 Å². The predicted molar refractivity (Wildman–Crippen MR) is 147 cm³/mol. The molecule has 2 N–H and O–H groups in total. The first-order valence-corrected chi connectivity index (χ1v) is 14.2. The van der Waals surface area contributed by atoms with Crippen LogP contribution in [0.4, 0.5) is 23.4 Å². The fraction of sp³-hybridized carbons (Fsp3) is 0.464. The van der Waals surface area contributed by atoms with E-state index in [1.165, 1.54) is 17.8 Å². The van der Waals surface area contributed by atoms with Crippen LogP contribution in [0.25, 0.3) is 16.8 Å². The Morgan fingerprint density at radius 3 is 2.55 bits per heavy atom. The van der Waals surface area contributed by atoms with Crippen molar-refractivity contribution in [2.75, 3.05) is 25.5 Å². The third-order valence-corrected chi connectivity index (χ3v) is 8.56. The molecule has 40 heavy (non-hydrogen) atoms. The van der Waals surface area contributed by atoms with Crippen molar-refractivity contribution in [3.63, 3.8) is 0 Å². The summed E-state index contributed by atoms with van der Waals surface area (Å²) in [6, 6.07) is 3.10. The third kappa shape index (κ3) is 5.89. The highest BCUT2D eigenvalue weighted by atomic mass is 32.2. The Morgan fingerprint density at radius 2 is 1.90 bits per heavy atom. The number of alkyl halides is 3. The van der Waals surface area contributed by atoms with E-state index in [-0.39, 0.29) is 17.0 Å². The molecule has 2 aliphatic heterocycles. The van der Waals surface area contributed by atoms with Crippen molar-refractivity contribution >= 4 is 23.2 Å². The van der Waals surface area contributed by atoms with Crippen molar-refractivity contribution in [3.05, 3.63) is 59.4 Å². The number of anilines is 1. The molecule has 12 heteroatoms. The molecule has 1 saturated carbocycles. The van der Waals surface area contributed by atoms with Gasteiger partial charge in [-0.2, -0.15) is 18.3 Å². The number of halogens is 4. The summed E-state index contributed by atoms with van der Waals surface area (Å²) in [6.45, 7) is 5.84. The molecule has 1 aromatic carbocycles. The molecule has 6 rings (SSSR count). The Kier molecular flexibility index (Phi) is 8.21. The van der Waals surface area contributed by atoms with Gasteiger partial charge in [0.25, 0.3) is 0 Å². The highest BCUT2D eigenvalue weighted by Gasteiger charge is 2.35. The van der Waals surface area contributed by atoms with Crippen LogP contribution in [-0.2, 0) is 6.18 Å². The van der Waals surface area contributed by atoms with Crippen LogP contribution in [-0.4, -0.2) is 55.5 Å². The molecular formula is C28H32F4N6OS. The number of hydrogen-bond acceptors (Lipinski definition) is 7. The zero-order valence-corrected chi connectivity index (χ0v) is 23.4. The van der Waals surface area contributed by atoms with E-state index in [9.17, 15) is 13.2 Å². The highest BCUT2D eigenvalue weighted by molar-refractivity contribution is 8.00. The number of rotatable bonds is 6. The summed E-state index contributed by atoms with van der Waals surface area (Å²) < 4.78 is 56.8. The van der Waals surface area contributed by atoms with Gasteiger partial charge in [0, 0.05) is 37.9 Å². The Bertz CT molecular complexity index is 1400. The lowest BCUT2D eigenvalue weighted by Gasteiger charge is -2.22. The molecule has 2 unspecified atom stereocenters. The van der Waals surface area contributed by atoms with Gasteiger partial charge in [-0.25, -0.2) is 14.4 Å². The van der Waals surface area contributed by atoms with Crippen LogP contribution in [0.5, 0.6) is 0 Å². The van der Waals surface area contributed by atoms with E-state index in [0.29, 0.717) is 34.3 Å². The van der Waals surface area contributed by atoms with Gasteiger partial charge in [0.15, 0.2) is 5.82 Å². The molecule has 0 radical (unpaired) electrons. The summed E-state index contributed by atoms with van der Waals surface area (Å²) in [5, 5.41) is 14.9. The van der Waals surface area contributed by atoms with Gasteiger partial charge in [0.05, 0.1) is 28.4 Å². The van der Waals surface area contributed by atoms with Gasteiger partial charge in [0.2, 0.25) is 0 Å². The number of aromatic nitrogens is 4. The molecule has 214 valence electrons. The molecule has 3 aromatic rings. The molecule has 7 nitrogen and oxygen atoms in total. The molecule has 0 bridgehead atoms. The second-order valence-corrected chi connectivity index (χ2v) is 11.3. The molecule has 3 aliphatic rings. The van der Waals surface area contributed by atoms with Gasteiger partial charge < -0.3 is 10.4 Å². The zero-order valence-electron chi connectivity index (χ0n) is 22.5. The van der Waals surface area contributed by atoms with Crippen LogP contribution in [0.3, 0.4) is 0 Å². The molecule has 1 aliphatic carbocycles. The first-order valence-electron chi connectivity index (χ1n) is 13.3. The van der Waals surface area contributed by atoms with Crippen LogP contribution >= 0.6 is 11.8 Å². The summed E-state index contributed by atoms with van der Waals surface area (Å²) in [5.41, 5.74) is 1.10. The van der Waals surface area contributed by atoms with Crippen molar-refractivity contribution in [1.29, 1.82) is 0 Å².